The maximum atomic E-state index is 11.4. The van der Waals surface area contributed by atoms with Crippen molar-refractivity contribution in [1.29, 1.82) is 0 Å². The van der Waals surface area contributed by atoms with Gasteiger partial charge in [0.1, 0.15) is 0 Å². The standard InChI is InChI=1S/C10H22N2OS.ClH/c1-8(11-5)6-12-9(13)7-14-10(2,3)4;/h8,11H,6-7H2,1-5H3,(H,12,13);1H. The van der Waals surface area contributed by atoms with Crippen LogP contribution in [0.2, 0.25) is 0 Å². The summed E-state index contributed by atoms with van der Waals surface area (Å²) in [5, 5.41) is 5.95. The second-order valence-corrected chi connectivity index (χ2v) is 6.20. The zero-order valence-corrected chi connectivity index (χ0v) is 11.8. The number of carbonyl (C=O) groups is 1. The molecule has 1 unspecified atom stereocenters. The Hall–Kier alpha value is 0.0700. The van der Waals surface area contributed by atoms with Crippen molar-refractivity contribution in [2.75, 3.05) is 19.3 Å². The number of hydrogen-bond donors (Lipinski definition) is 2. The molecule has 5 heteroatoms. The van der Waals surface area contributed by atoms with Crippen molar-refractivity contribution in [1.82, 2.24) is 10.6 Å². The molecule has 0 spiro atoms. The second-order valence-electron chi connectivity index (χ2n) is 4.39. The van der Waals surface area contributed by atoms with Gasteiger partial charge in [-0.15, -0.1) is 24.2 Å². The summed E-state index contributed by atoms with van der Waals surface area (Å²) in [5.41, 5.74) is 0. The summed E-state index contributed by atoms with van der Waals surface area (Å²) in [4.78, 5) is 11.4. The van der Waals surface area contributed by atoms with Crippen LogP contribution in [0.1, 0.15) is 27.7 Å². The van der Waals surface area contributed by atoms with Crippen molar-refractivity contribution in [2.24, 2.45) is 0 Å². The Balaban J connectivity index is 0. The van der Waals surface area contributed by atoms with Gasteiger partial charge in [0.2, 0.25) is 5.91 Å². The van der Waals surface area contributed by atoms with E-state index in [1.165, 1.54) is 0 Å². The highest BCUT2D eigenvalue weighted by atomic mass is 35.5. The Morgan fingerprint density at radius 3 is 2.33 bits per heavy atom. The number of nitrogens with one attached hydrogen (secondary N) is 2. The average molecular weight is 255 g/mol. The minimum atomic E-state index is 0. The van der Waals surface area contributed by atoms with E-state index >= 15 is 0 Å². The molecule has 2 N–H and O–H groups in total. The van der Waals surface area contributed by atoms with Gasteiger partial charge in [-0.25, -0.2) is 0 Å². The second kappa shape index (κ2) is 8.25. The molecule has 1 atom stereocenters. The minimum Gasteiger partial charge on any atom is -0.354 e. The van der Waals surface area contributed by atoms with E-state index in [9.17, 15) is 4.79 Å². The summed E-state index contributed by atoms with van der Waals surface area (Å²) in [6.45, 7) is 9.07. The third-order valence-electron chi connectivity index (χ3n) is 1.73. The van der Waals surface area contributed by atoms with Crippen molar-refractivity contribution in [2.45, 2.75) is 38.5 Å². The molecule has 3 nitrogen and oxygen atoms in total. The summed E-state index contributed by atoms with van der Waals surface area (Å²) in [5.74, 6) is 0.659. The first-order chi connectivity index (χ1) is 6.35. The fraction of sp³-hybridized carbons (Fsp3) is 0.900. The summed E-state index contributed by atoms with van der Waals surface area (Å²) in [6.07, 6.45) is 0. The number of rotatable bonds is 5. The van der Waals surface area contributed by atoms with Gasteiger partial charge in [-0.05, 0) is 14.0 Å². The molecule has 0 aliphatic rings. The van der Waals surface area contributed by atoms with Gasteiger partial charge in [-0.1, -0.05) is 20.8 Å². The van der Waals surface area contributed by atoms with Crippen LogP contribution in [-0.2, 0) is 4.79 Å². The number of likely N-dealkylation sites (N-methyl/N-ethyl adjacent to an activating group) is 1. The fourth-order valence-electron chi connectivity index (χ4n) is 0.702. The average Bonchev–Trinajstić information content (AvgIpc) is 2.09. The predicted octanol–water partition coefficient (Wildman–Crippen LogP) is 1.66. The molecule has 15 heavy (non-hydrogen) atoms. The van der Waals surface area contributed by atoms with Crippen LogP contribution in [0.5, 0.6) is 0 Å². The molecule has 0 aliphatic heterocycles. The van der Waals surface area contributed by atoms with Crippen molar-refractivity contribution in [3.63, 3.8) is 0 Å². The van der Waals surface area contributed by atoms with E-state index in [1.54, 1.807) is 11.8 Å². The van der Waals surface area contributed by atoms with Crippen molar-refractivity contribution < 1.29 is 4.79 Å². The van der Waals surface area contributed by atoms with Crippen molar-refractivity contribution in [3.8, 4) is 0 Å². The Morgan fingerprint density at radius 1 is 1.40 bits per heavy atom. The Labute approximate surface area is 104 Å². The molecule has 0 aromatic rings. The van der Waals surface area contributed by atoms with Crippen LogP contribution in [0.25, 0.3) is 0 Å². The van der Waals surface area contributed by atoms with Crippen LogP contribution in [0.4, 0.5) is 0 Å². The lowest BCUT2D eigenvalue weighted by Crippen LogP contribution is -2.38. The van der Waals surface area contributed by atoms with Gasteiger partial charge in [0.15, 0.2) is 0 Å². The molecular weight excluding hydrogens is 232 g/mol. The molecule has 1 amide bonds. The van der Waals surface area contributed by atoms with Gasteiger partial charge < -0.3 is 10.6 Å². The first-order valence-corrected chi connectivity index (χ1v) is 5.91. The molecule has 0 bridgehead atoms. The van der Waals surface area contributed by atoms with E-state index in [0.717, 1.165) is 0 Å². The van der Waals surface area contributed by atoms with Gasteiger partial charge in [0.25, 0.3) is 0 Å². The van der Waals surface area contributed by atoms with Crippen LogP contribution in [0.15, 0.2) is 0 Å². The smallest absolute Gasteiger partial charge is 0.230 e. The van der Waals surface area contributed by atoms with Crippen LogP contribution in [0.3, 0.4) is 0 Å². The molecule has 0 saturated carbocycles. The zero-order valence-electron chi connectivity index (χ0n) is 10.2. The predicted molar refractivity (Wildman–Crippen MR) is 71.0 cm³/mol. The lowest BCUT2D eigenvalue weighted by Gasteiger charge is -2.17. The monoisotopic (exact) mass is 254 g/mol. The number of halogens is 1. The summed E-state index contributed by atoms with van der Waals surface area (Å²) >= 11 is 1.67. The zero-order chi connectivity index (χ0) is 11.2. The highest BCUT2D eigenvalue weighted by Gasteiger charge is 2.13. The van der Waals surface area contributed by atoms with Crippen LogP contribution in [0, 0.1) is 0 Å². The van der Waals surface area contributed by atoms with E-state index in [2.05, 4.69) is 31.4 Å². The van der Waals surface area contributed by atoms with E-state index in [1.807, 2.05) is 14.0 Å². The SMILES string of the molecule is CNC(C)CNC(=O)CSC(C)(C)C.Cl. The Kier molecular flexibility index (Phi) is 9.60. The first-order valence-electron chi connectivity index (χ1n) is 4.93. The molecule has 0 fully saturated rings. The third kappa shape index (κ3) is 12.0. The highest BCUT2D eigenvalue weighted by molar-refractivity contribution is 8.01. The third-order valence-corrected chi connectivity index (χ3v) is 3.01. The van der Waals surface area contributed by atoms with Gasteiger partial charge >= 0.3 is 0 Å². The molecule has 0 aromatic carbocycles. The molecular formula is C10H23ClN2OS. The van der Waals surface area contributed by atoms with Gasteiger partial charge in [0, 0.05) is 17.3 Å². The van der Waals surface area contributed by atoms with E-state index in [-0.39, 0.29) is 23.1 Å². The van der Waals surface area contributed by atoms with E-state index in [0.29, 0.717) is 18.3 Å². The molecule has 0 heterocycles. The quantitative estimate of drug-likeness (QED) is 0.784. The summed E-state index contributed by atoms with van der Waals surface area (Å²) in [7, 11) is 1.89. The summed E-state index contributed by atoms with van der Waals surface area (Å²) in [6, 6.07) is 0.332. The van der Waals surface area contributed by atoms with Crippen molar-refractivity contribution >= 4 is 30.1 Å². The number of hydrogen-bond acceptors (Lipinski definition) is 3. The van der Waals surface area contributed by atoms with Gasteiger partial charge in [-0.3, -0.25) is 4.79 Å². The van der Waals surface area contributed by atoms with Crippen molar-refractivity contribution in [3.05, 3.63) is 0 Å². The first kappa shape index (κ1) is 17.5. The molecule has 0 rings (SSSR count). The lowest BCUT2D eigenvalue weighted by atomic mass is 10.3. The molecule has 0 saturated heterocycles. The van der Waals surface area contributed by atoms with Gasteiger partial charge in [-0.2, -0.15) is 0 Å². The molecule has 0 aromatic heterocycles. The maximum Gasteiger partial charge on any atom is 0.230 e. The largest absolute Gasteiger partial charge is 0.354 e. The lowest BCUT2D eigenvalue weighted by molar-refractivity contribution is -0.118. The topological polar surface area (TPSA) is 41.1 Å². The molecule has 0 radical (unpaired) electrons. The van der Waals surface area contributed by atoms with Crippen LogP contribution in [-0.4, -0.2) is 36.0 Å². The summed E-state index contributed by atoms with van der Waals surface area (Å²) < 4.78 is 0.159. The van der Waals surface area contributed by atoms with Crippen LogP contribution >= 0.6 is 24.2 Å². The highest BCUT2D eigenvalue weighted by Crippen LogP contribution is 2.22. The van der Waals surface area contributed by atoms with E-state index in [4.69, 9.17) is 0 Å². The molecule has 92 valence electrons. The number of amides is 1. The fourth-order valence-corrected chi connectivity index (χ4v) is 1.37. The normalized spacial score (nSPS) is 12.9. The van der Waals surface area contributed by atoms with Crippen LogP contribution < -0.4 is 10.6 Å². The van der Waals surface area contributed by atoms with Gasteiger partial charge in [0.05, 0.1) is 5.75 Å². The number of carbonyl (C=O) groups excluding carboxylic acids is 1. The Morgan fingerprint density at radius 2 is 1.93 bits per heavy atom. The number of thioether (sulfide) groups is 1. The molecule has 0 aliphatic carbocycles. The maximum absolute atomic E-state index is 11.4. The minimum absolute atomic E-state index is 0. The van der Waals surface area contributed by atoms with E-state index < -0.39 is 0 Å². The Bertz CT molecular complexity index is 183.